The number of hydrogen-bond acceptors (Lipinski definition) is 2. The van der Waals surface area contributed by atoms with Crippen LogP contribution in [-0.2, 0) is 6.54 Å². The van der Waals surface area contributed by atoms with E-state index in [2.05, 4.69) is 50.0 Å². The van der Waals surface area contributed by atoms with Crippen LogP contribution in [-0.4, -0.2) is 17.5 Å². The van der Waals surface area contributed by atoms with Gasteiger partial charge in [-0.2, -0.15) is 11.8 Å². The Morgan fingerprint density at radius 1 is 1.24 bits per heavy atom. The van der Waals surface area contributed by atoms with Crippen molar-refractivity contribution in [2.75, 3.05) is 11.5 Å². The normalized spacial score (nSPS) is 20.5. The Hall–Kier alpha value is -0.470. The summed E-state index contributed by atoms with van der Waals surface area (Å²) in [5.41, 5.74) is 5.72. The third kappa shape index (κ3) is 3.49. The average Bonchev–Trinajstić information content (AvgIpc) is 2.29. The van der Waals surface area contributed by atoms with E-state index in [-0.39, 0.29) is 0 Å². The van der Waals surface area contributed by atoms with Crippen molar-refractivity contribution >= 4 is 11.8 Å². The summed E-state index contributed by atoms with van der Waals surface area (Å²) in [5.74, 6) is 2.63. The van der Waals surface area contributed by atoms with E-state index >= 15 is 0 Å². The molecule has 0 aromatic heterocycles. The van der Waals surface area contributed by atoms with E-state index in [0.717, 1.165) is 6.54 Å². The van der Waals surface area contributed by atoms with Gasteiger partial charge in [0, 0.05) is 18.3 Å². The minimum Gasteiger partial charge on any atom is -0.309 e. The summed E-state index contributed by atoms with van der Waals surface area (Å²) in [6.45, 7) is 7.66. The van der Waals surface area contributed by atoms with Crippen molar-refractivity contribution in [1.82, 2.24) is 5.32 Å². The summed E-state index contributed by atoms with van der Waals surface area (Å²) >= 11 is 2.09. The fourth-order valence-electron chi connectivity index (χ4n) is 2.64. The third-order valence-electron chi connectivity index (χ3n) is 3.57. The van der Waals surface area contributed by atoms with Gasteiger partial charge in [0.15, 0.2) is 0 Å². The molecule has 0 spiro atoms. The molecule has 1 heterocycles. The molecule has 1 saturated heterocycles. The van der Waals surface area contributed by atoms with Gasteiger partial charge in [-0.05, 0) is 56.1 Å². The first-order valence-corrected chi connectivity index (χ1v) is 7.70. The van der Waals surface area contributed by atoms with Crippen LogP contribution in [0.3, 0.4) is 0 Å². The number of benzene rings is 1. The zero-order valence-corrected chi connectivity index (χ0v) is 12.0. The smallest absolute Gasteiger partial charge is 0.0213 e. The molecule has 94 valence electrons. The highest BCUT2D eigenvalue weighted by molar-refractivity contribution is 7.99. The lowest BCUT2D eigenvalue weighted by molar-refractivity contribution is 0.506. The average molecular weight is 249 g/mol. The maximum atomic E-state index is 3.72. The van der Waals surface area contributed by atoms with E-state index < -0.39 is 0 Å². The van der Waals surface area contributed by atoms with Crippen LogP contribution in [0.25, 0.3) is 0 Å². The number of thioether (sulfide) groups is 1. The zero-order chi connectivity index (χ0) is 12.3. The molecule has 1 aliphatic heterocycles. The standard InChI is InChI=1S/C15H23NS/c1-11-7-12(2)15(13(3)8-11)9-16-14-5-4-6-17-10-14/h7-8,14,16H,4-6,9-10H2,1-3H3. The summed E-state index contributed by atoms with van der Waals surface area (Å²) in [6.07, 6.45) is 2.71. The Morgan fingerprint density at radius 2 is 1.94 bits per heavy atom. The van der Waals surface area contributed by atoms with Crippen molar-refractivity contribution in [3.63, 3.8) is 0 Å². The first-order valence-electron chi connectivity index (χ1n) is 6.54. The molecule has 1 N–H and O–H groups in total. The van der Waals surface area contributed by atoms with Gasteiger partial charge in [-0.15, -0.1) is 0 Å². The maximum Gasteiger partial charge on any atom is 0.0213 e. The number of rotatable bonds is 3. The van der Waals surface area contributed by atoms with E-state index in [1.807, 2.05) is 0 Å². The van der Waals surface area contributed by atoms with E-state index in [1.165, 1.54) is 46.6 Å². The van der Waals surface area contributed by atoms with Crippen molar-refractivity contribution < 1.29 is 0 Å². The quantitative estimate of drug-likeness (QED) is 0.878. The SMILES string of the molecule is Cc1cc(C)c(CNC2CCCSC2)c(C)c1. The number of nitrogens with one attached hydrogen (secondary N) is 1. The lowest BCUT2D eigenvalue weighted by atomic mass is 9.99. The molecule has 0 aliphatic carbocycles. The van der Waals surface area contributed by atoms with Crippen LogP contribution >= 0.6 is 11.8 Å². The molecule has 17 heavy (non-hydrogen) atoms. The molecule has 1 aromatic rings. The Balaban J connectivity index is 1.98. The van der Waals surface area contributed by atoms with Gasteiger partial charge >= 0.3 is 0 Å². The van der Waals surface area contributed by atoms with Crippen molar-refractivity contribution in [2.24, 2.45) is 0 Å². The van der Waals surface area contributed by atoms with Gasteiger partial charge in [-0.1, -0.05) is 17.7 Å². The van der Waals surface area contributed by atoms with Crippen LogP contribution in [0.5, 0.6) is 0 Å². The molecule has 1 unspecified atom stereocenters. The highest BCUT2D eigenvalue weighted by Crippen LogP contribution is 2.19. The van der Waals surface area contributed by atoms with Gasteiger partial charge in [0.2, 0.25) is 0 Å². The van der Waals surface area contributed by atoms with E-state index in [9.17, 15) is 0 Å². The van der Waals surface area contributed by atoms with Crippen LogP contribution in [0.1, 0.15) is 35.1 Å². The van der Waals surface area contributed by atoms with Crippen LogP contribution < -0.4 is 5.32 Å². The summed E-state index contributed by atoms with van der Waals surface area (Å²) in [4.78, 5) is 0. The predicted molar refractivity (Wildman–Crippen MR) is 77.8 cm³/mol. The molecule has 0 amide bonds. The minimum absolute atomic E-state index is 0.717. The molecule has 1 aliphatic rings. The molecular formula is C15H23NS. The van der Waals surface area contributed by atoms with E-state index in [1.54, 1.807) is 0 Å². The molecule has 2 heteroatoms. The highest BCUT2D eigenvalue weighted by Gasteiger charge is 2.13. The molecule has 0 radical (unpaired) electrons. The van der Waals surface area contributed by atoms with Crippen LogP contribution in [0.15, 0.2) is 12.1 Å². The second-order valence-corrected chi connectivity index (χ2v) is 6.32. The fraction of sp³-hybridized carbons (Fsp3) is 0.600. The minimum atomic E-state index is 0.717. The number of hydrogen-bond donors (Lipinski definition) is 1. The Bertz CT molecular complexity index is 358. The van der Waals surface area contributed by atoms with Crippen LogP contribution in [0, 0.1) is 20.8 Å². The van der Waals surface area contributed by atoms with Crippen LogP contribution in [0.4, 0.5) is 0 Å². The van der Waals surface area contributed by atoms with Crippen LogP contribution in [0.2, 0.25) is 0 Å². The lowest BCUT2D eigenvalue weighted by Gasteiger charge is -2.23. The molecule has 1 atom stereocenters. The molecule has 1 aromatic carbocycles. The Kier molecular flexibility index (Phi) is 4.52. The second-order valence-electron chi connectivity index (χ2n) is 5.17. The van der Waals surface area contributed by atoms with Crippen molar-refractivity contribution in [1.29, 1.82) is 0 Å². The van der Waals surface area contributed by atoms with Gasteiger partial charge in [0.1, 0.15) is 0 Å². The summed E-state index contributed by atoms with van der Waals surface area (Å²) in [6, 6.07) is 5.30. The number of aryl methyl sites for hydroxylation is 3. The maximum absolute atomic E-state index is 3.72. The van der Waals surface area contributed by atoms with Crippen molar-refractivity contribution in [3.8, 4) is 0 Å². The molecule has 1 nitrogen and oxygen atoms in total. The summed E-state index contributed by atoms with van der Waals surface area (Å²) in [7, 11) is 0. The first-order chi connectivity index (χ1) is 8.16. The Morgan fingerprint density at radius 3 is 2.53 bits per heavy atom. The monoisotopic (exact) mass is 249 g/mol. The predicted octanol–water partition coefficient (Wildman–Crippen LogP) is 3.60. The first kappa shape index (κ1) is 13.0. The molecule has 0 bridgehead atoms. The highest BCUT2D eigenvalue weighted by atomic mass is 32.2. The van der Waals surface area contributed by atoms with E-state index in [4.69, 9.17) is 0 Å². The second kappa shape index (κ2) is 5.92. The zero-order valence-electron chi connectivity index (χ0n) is 11.2. The topological polar surface area (TPSA) is 12.0 Å². The van der Waals surface area contributed by atoms with Gasteiger partial charge in [0.05, 0.1) is 0 Å². The molecular weight excluding hydrogens is 226 g/mol. The largest absolute Gasteiger partial charge is 0.309 e. The van der Waals surface area contributed by atoms with Gasteiger partial charge < -0.3 is 5.32 Å². The summed E-state index contributed by atoms with van der Waals surface area (Å²) < 4.78 is 0. The van der Waals surface area contributed by atoms with Crippen molar-refractivity contribution in [2.45, 2.75) is 46.2 Å². The fourth-order valence-corrected chi connectivity index (χ4v) is 3.74. The molecule has 2 rings (SSSR count). The van der Waals surface area contributed by atoms with Gasteiger partial charge in [-0.3, -0.25) is 0 Å². The Labute approximate surface area is 109 Å². The molecule has 1 fully saturated rings. The van der Waals surface area contributed by atoms with Gasteiger partial charge in [-0.25, -0.2) is 0 Å². The lowest BCUT2D eigenvalue weighted by Crippen LogP contribution is -2.33. The van der Waals surface area contributed by atoms with Gasteiger partial charge in [0.25, 0.3) is 0 Å². The molecule has 0 saturated carbocycles. The summed E-state index contributed by atoms with van der Waals surface area (Å²) in [5, 5.41) is 3.72. The third-order valence-corrected chi connectivity index (χ3v) is 4.78. The van der Waals surface area contributed by atoms with Crippen molar-refractivity contribution in [3.05, 3.63) is 34.4 Å². The van der Waals surface area contributed by atoms with E-state index in [0.29, 0.717) is 6.04 Å².